The summed E-state index contributed by atoms with van der Waals surface area (Å²) in [6.45, 7) is 4.10. The van der Waals surface area contributed by atoms with Crippen molar-refractivity contribution >= 4 is 5.82 Å². The molecule has 0 aromatic carbocycles. The SMILES string of the molecule is CC1CCN(c2ncnc3c2CCC3)C1CN. The fourth-order valence-corrected chi connectivity index (χ4v) is 3.22. The zero-order valence-corrected chi connectivity index (χ0v) is 10.4. The number of hydrogen-bond donors (Lipinski definition) is 1. The molecule has 2 aliphatic rings. The number of aromatic nitrogens is 2. The molecule has 17 heavy (non-hydrogen) atoms. The Labute approximate surface area is 102 Å². The molecule has 1 aliphatic heterocycles. The molecule has 2 unspecified atom stereocenters. The van der Waals surface area contributed by atoms with E-state index in [1.165, 1.54) is 24.1 Å². The van der Waals surface area contributed by atoms with Gasteiger partial charge in [0.15, 0.2) is 0 Å². The minimum absolute atomic E-state index is 0.453. The lowest BCUT2D eigenvalue weighted by Crippen LogP contribution is -2.39. The fourth-order valence-electron chi connectivity index (χ4n) is 3.22. The summed E-state index contributed by atoms with van der Waals surface area (Å²) in [6.07, 6.45) is 6.41. The van der Waals surface area contributed by atoms with E-state index in [1.807, 2.05) is 0 Å². The highest BCUT2D eigenvalue weighted by Gasteiger charge is 2.33. The Morgan fingerprint density at radius 2 is 2.29 bits per heavy atom. The van der Waals surface area contributed by atoms with Crippen LogP contribution in [0.5, 0.6) is 0 Å². The Hall–Kier alpha value is -1.16. The summed E-state index contributed by atoms with van der Waals surface area (Å²) in [6, 6.07) is 0.453. The quantitative estimate of drug-likeness (QED) is 0.830. The van der Waals surface area contributed by atoms with Crippen LogP contribution >= 0.6 is 0 Å². The van der Waals surface area contributed by atoms with Crippen LogP contribution in [-0.4, -0.2) is 29.1 Å². The van der Waals surface area contributed by atoms with Crippen molar-refractivity contribution in [3.05, 3.63) is 17.6 Å². The van der Waals surface area contributed by atoms with E-state index in [-0.39, 0.29) is 0 Å². The molecule has 3 rings (SSSR count). The van der Waals surface area contributed by atoms with Crippen LogP contribution in [0.2, 0.25) is 0 Å². The van der Waals surface area contributed by atoms with Crippen LogP contribution in [0.3, 0.4) is 0 Å². The van der Waals surface area contributed by atoms with Crippen LogP contribution in [0, 0.1) is 5.92 Å². The number of hydrogen-bond acceptors (Lipinski definition) is 4. The predicted molar refractivity (Wildman–Crippen MR) is 68.0 cm³/mol. The maximum Gasteiger partial charge on any atom is 0.135 e. The molecule has 1 aliphatic carbocycles. The Bertz CT molecular complexity index is 418. The van der Waals surface area contributed by atoms with E-state index in [2.05, 4.69) is 21.8 Å². The van der Waals surface area contributed by atoms with Crippen molar-refractivity contribution in [2.75, 3.05) is 18.0 Å². The first-order chi connectivity index (χ1) is 8.31. The molecule has 92 valence electrons. The fraction of sp³-hybridized carbons (Fsp3) is 0.692. The number of rotatable bonds is 2. The average molecular weight is 232 g/mol. The summed E-state index contributed by atoms with van der Waals surface area (Å²) in [7, 11) is 0. The van der Waals surface area contributed by atoms with Crippen molar-refractivity contribution in [1.29, 1.82) is 0 Å². The minimum atomic E-state index is 0.453. The average Bonchev–Trinajstić information content (AvgIpc) is 2.94. The van der Waals surface area contributed by atoms with E-state index < -0.39 is 0 Å². The van der Waals surface area contributed by atoms with Crippen molar-refractivity contribution in [3.63, 3.8) is 0 Å². The molecular weight excluding hydrogens is 212 g/mol. The predicted octanol–water partition coefficient (Wildman–Crippen LogP) is 1.14. The first kappa shape index (κ1) is 11.0. The second-order valence-corrected chi connectivity index (χ2v) is 5.24. The van der Waals surface area contributed by atoms with Crippen LogP contribution in [0.1, 0.15) is 31.0 Å². The van der Waals surface area contributed by atoms with Crippen molar-refractivity contribution in [2.45, 2.75) is 38.6 Å². The summed E-state index contributed by atoms with van der Waals surface area (Å²) < 4.78 is 0. The monoisotopic (exact) mass is 232 g/mol. The third-order valence-corrected chi connectivity index (χ3v) is 4.25. The van der Waals surface area contributed by atoms with Gasteiger partial charge >= 0.3 is 0 Å². The molecule has 0 radical (unpaired) electrons. The molecule has 0 bridgehead atoms. The molecule has 0 amide bonds. The van der Waals surface area contributed by atoms with Gasteiger partial charge in [-0.25, -0.2) is 9.97 Å². The van der Waals surface area contributed by atoms with Gasteiger partial charge in [0.25, 0.3) is 0 Å². The van der Waals surface area contributed by atoms with E-state index in [9.17, 15) is 0 Å². The summed E-state index contributed by atoms with van der Waals surface area (Å²) in [5, 5.41) is 0. The lowest BCUT2D eigenvalue weighted by atomic mass is 10.0. The lowest BCUT2D eigenvalue weighted by molar-refractivity contribution is 0.517. The first-order valence-electron chi connectivity index (χ1n) is 6.60. The summed E-state index contributed by atoms with van der Waals surface area (Å²) in [4.78, 5) is 11.3. The maximum atomic E-state index is 5.91. The van der Waals surface area contributed by atoms with Gasteiger partial charge in [-0.1, -0.05) is 6.92 Å². The summed E-state index contributed by atoms with van der Waals surface area (Å²) >= 11 is 0. The Morgan fingerprint density at radius 1 is 1.41 bits per heavy atom. The number of nitrogens with zero attached hydrogens (tertiary/aromatic N) is 3. The number of anilines is 1. The van der Waals surface area contributed by atoms with Gasteiger partial charge in [0.05, 0.1) is 0 Å². The zero-order valence-electron chi connectivity index (χ0n) is 10.4. The molecular formula is C13H20N4. The summed E-state index contributed by atoms with van der Waals surface area (Å²) in [5.74, 6) is 1.83. The van der Waals surface area contributed by atoms with Gasteiger partial charge in [0.1, 0.15) is 12.1 Å². The topological polar surface area (TPSA) is 55.0 Å². The van der Waals surface area contributed by atoms with Crippen LogP contribution < -0.4 is 10.6 Å². The number of fused-ring (bicyclic) bond motifs is 1. The van der Waals surface area contributed by atoms with Gasteiger partial charge in [-0.15, -0.1) is 0 Å². The van der Waals surface area contributed by atoms with E-state index >= 15 is 0 Å². The minimum Gasteiger partial charge on any atom is -0.352 e. The Balaban J connectivity index is 1.97. The first-order valence-corrected chi connectivity index (χ1v) is 6.60. The van der Waals surface area contributed by atoms with Gasteiger partial charge < -0.3 is 10.6 Å². The molecule has 1 aromatic heterocycles. The molecule has 2 heterocycles. The van der Waals surface area contributed by atoms with E-state index in [4.69, 9.17) is 5.73 Å². The Morgan fingerprint density at radius 3 is 3.12 bits per heavy atom. The van der Waals surface area contributed by atoms with E-state index in [0.29, 0.717) is 12.0 Å². The molecule has 2 N–H and O–H groups in total. The van der Waals surface area contributed by atoms with Crippen LogP contribution in [0.25, 0.3) is 0 Å². The molecule has 1 saturated heterocycles. The normalized spacial score (nSPS) is 27.5. The van der Waals surface area contributed by atoms with Gasteiger partial charge in [-0.05, 0) is 31.6 Å². The van der Waals surface area contributed by atoms with Gasteiger partial charge in [-0.3, -0.25) is 0 Å². The molecule has 4 nitrogen and oxygen atoms in total. The largest absolute Gasteiger partial charge is 0.352 e. The number of aryl methyl sites for hydroxylation is 1. The van der Waals surface area contributed by atoms with Crippen molar-refractivity contribution < 1.29 is 0 Å². The molecule has 0 saturated carbocycles. The lowest BCUT2D eigenvalue weighted by Gasteiger charge is -2.28. The standard InChI is InChI=1S/C13H20N4/c1-9-5-6-17(12(9)7-14)13-10-3-2-4-11(10)15-8-16-13/h8-9,12H,2-7,14H2,1H3. The van der Waals surface area contributed by atoms with E-state index in [0.717, 1.165) is 31.7 Å². The molecule has 2 atom stereocenters. The summed E-state index contributed by atoms with van der Waals surface area (Å²) in [5.41, 5.74) is 8.54. The zero-order chi connectivity index (χ0) is 11.8. The maximum absolute atomic E-state index is 5.91. The second-order valence-electron chi connectivity index (χ2n) is 5.24. The second kappa shape index (κ2) is 4.26. The number of nitrogens with two attached hydrogens (primary N) is 1. The molecule has 0 spiro atoms. The van der Waals surface area contributed by atoms with Crippen LogP contribution in [0.4, 0.5) is 5.82 Å². The van der Waals surface area contributed by atoms with E-state index in [1.54, 1.807) is 6.33 Å². The van der Waals surface area contributed by atoms with Crippen LogP contribution in [-0.2, 0) is 12.8 Å². The molecule has 1 aromatic rings. The smallest absolute Gasteiger partial charge is 0.135 e. The highest BCUT2D eigenvalue weighted by Crippen LogP contribution is 2.33. The van der Waals surface area contributed by atoms with Gasteiger partial charge in [0.2, 0.25) is 0 Å². The van der Waals surface area contributed by atoms with Gasteiger partial charge in [0, 0.05) is 30.4 Å². The molecule has 4 heteroatoms. The van der Waals surface area contributed by atoms with Gasteiger partial charge in [-0.2, -0.15) is 0 Å². The van der Waals surface area contributed by atoms with Crippen molar-refractivity contribution in [3.8, 4) is 0 Å². The van der Waals surface area contributed by atoms with Crippen molar-refractivity contribution in [2.24, 2.45) is 11.7 Å². The highest BCUT2D eigenvalue weighted by atomic mass is 15.2. The third kappa shape index (κ3) is 1.71. The Kier molecular flexibility index (Phi) is 2.74. The highest BCUT2D eigenvalue weighted by molar-refractivity contribution is 5.52. The molecule has 1 fully saturated rings. The van der Waals surface area contributed by atoms with Crippen molar-refractivity contribution in [1.82, 2.24) is 9.97 Å². The third-order valence-electron chi connectivity index (χ3n) is 4.25. The van der Waals surface area contributed by atoms with Crippen LogP contribution in [0.15, 0.2) is 6.33 Å².